The van der Waals surface area contributed by atoms with Gasteiger partial charge < -0.3 is 10.2 Å². The smallest absolute Gasteiger partial charge is 0.226 e. The highest BCUT2D eigenvalue weighted by Crippen LogP contribution is 2.30. The van der Waals surface area contributed by atoms with Gasteiger partial charge in [-0.3, -0.25) is 5.10 Å². The normalized spacial score (nSPS) is 10.8. The zero-order chi connectivity index (χ0) is 14.8. The van der Waals surface area contributed by atoms with E-state index in [1.54, 1.807) is 6.20 Å². The average molecular weight is 282 g/mol. The molecular weight excluding hydrogens is 264 g/mol. The van der Waals surface area contributed by atoms with Gasteiger partial charge in [0.25, 0.3) is 0 Å². The zero-order valence-electron chi connectivity index (χ0n) is 12.4. The predicted molar refractivity (Wildman–Crippen MR) is 85.1 cm³/mol. The molecule has 0 aliphatic carbocycles. The van der Waals surface area contributed by atoms with Crippen molar-refractivity contribution >= 4 is 28.5 Å². The predicted octanol–water partition coefficient (Wildman–Crippen LogP) is 2.86. The second-order valence-corrected chi connectivity index (χ2v) is 4.83. The second kappa shape index (κ2) is 5.40. The molecule has 108 valence electrons. The first-order valence-corrected chi connectivity index (χ1v) is 6.96. The van der Waals surface area contributed by atoms with Crippen LogP contribution in [-0.4, -0.2) is 33.8 Å². The molecule has 3 rings (SSSR count). The third-order valence-electron chi connectivity index (χ3n) is 3.43. The van der Waals surface area contributed by atoms with Crippen molar-refractivity contribution in [1.29, 1.82) is 0 Å². The summed E-state index contributed by atoms with van der Waals surface area (Å²) in [6, 6.07) is 8.41. The summed E-state index contributed by atoms with van der Waals surface area (Å²) in [7, 11) is 1.81. The molecule has 2 N–H and O–H groups in total. The molecule has 0 saturated carbocycles. The van der Waals surface area contributed by atoms with Crippen LogP contribution in [0, 0.1) is 6.92 Å². The molecule has 0 atom stereocenters. The van der Waals surface area contributed by atoms with E-state index in [1.165, 1.54) is 5.56 Å². The molecule has 0 amide bonds. The van der Waals surface area contributed by atoms with E-state index < -0.39 is 0 Å². The van der Waals surface area contributed by atoms with Crippen LogP contribution in [0.15, 0.2) is 30.5 Å². The van der Waals surface area contributed by atoms with Gasteiger partial charge in [-0.2, -0.15) is 15.1 Å². The lowest BCUT2D eigenvalue weighted by Crippen LogP contribution is -2.18. The van der Waals surface area contributed by atoms with Gasteiger partial charge in [-0.25, -0.2) is 0 Å². The van der Waals surface area contributed by atoms with Crippen molar-refractivity contribution in [2.75, 3.05) is 23.8 Å². The van der Waals surface area contributed by atoms with Crippen LogP contribution < -0.4 is 10.2 Å². The van der Waals surface area contributed by atoms with E-state index in [0.29, 0.717) is 5.95 Å². The van der Waals surface area contributed by atoms with E-state index in [0.717, 1.165) is 29.1 Å². The summed E-state index contributed by atoms with van der Waals surface area (Å²) >= 11 is 0. The zero-order valence-corrected chi connectivity index (χ0v) is 12.4. The molecule has 0 saturated heterocycles. The molecule has 0 fully saturated rings. The monoisotopic (exact) mass is 282 g/mol. The van der Waals surface area contributed by atoms with Gasteiger partial charge in [-0.1, -0.05) is 17.7 Å². The topological polar surface area (TPSA) is 69.7 Å². The summed E-state index contributed by atoms with van der Waals surface area (Å²) in [4.78, 5) is 11.1. The van der Waals surface area contributed by atoms with Gasteiger partial charge in [0.1, 0.15) is 5.82 Å². The van der Waals surface area contributed by atoms with Crippen LogP contribution >= 0.6 is 0 Å². The fourth-order valence-corrected chi connectivity index (χ4v) is 2.32. The second-order valence-electron chi connectivity index (χ2n) is 4.83. The standard InChI is InChI=1S/C15H18N6/c1-4-21(11-7-5-10(2)6-8-11)14-12-9-17-20-13(12)18-15(16-3)19-14/h5-9H,4H2,1-3H3,(H2,16,17,18,19,20). The Morgan fingerprint density at radius 3 is 2.62 bits per heavy atom. The minimum atomic E-state index is 0.576. The highest BCUT2D eigenvalue weighted by atomic mass is 15.3. The molecule has 0 bridgehead atoms. The Morgan fingerprint density at radius 2 is 1.95 bits per heavy atom. The molecule has 6 heteroatoms. The number of nitrogens with one attached hydrogen (secondary N) is 2. The SMILES string of the molecule is CCN(c1ccc(C)cc1)c1nc(NC)nc2[nH]ncc12. The number of aryl methyl sites for hydroxylation is 1. The van der Waals surface area contributed by atoms with Gasteiger partial charge in [0.15, 0.2) is 5.65 Å². The first kappa shape index (κ1) is 13.4. The van der Waals surface area contributed by atoms with Gasteiger partial charge in [0, 0.05) is 19.3 Å². The highest BCUT2D eigenvalue weighted by molar-refractivity contribution is 5.89. The van der Waals surface area contributed by atoms with Crippen LogP contribution in [0.2, 0.25) is 0 Å². The summed E-state index contributed by atoms with van der Waals surface area (Å²) in [5.74, 6) is 1.43. The van der Waals surface area contributed by atoms with E-state index >= 15 is 0 Å². The van der Waals surface area contributed by atoms with Gasteiger partial charge >= 0.3 is 0 Å². The number of hydrogen-bond acceptors (Lipinski definition) is 5. The Balaban J connectivity index is 2.15. The quantitative estimate of drug-likeness (QED) is 0.770. The van der Waals surface area contributed by atoms with Crippen LogP contribution in [0.1, 0.15) is 12.5 Å². The molecular formula is C15H18N6. The first-order valence-electron chi connectivity index (χ1n) is 6.96. The summed E-state index contributed by atoms with van der Waals surface area (Å²) in [6.07, 6.45) is 1.76. The molecule has 0 aliphatic rings. The summed E-state index contributed by atoms with van der Waals surface area (Å²) in [5.41, 5.74) is 3.07. The van der Waals surface area contributed by atoms with Gasteiger partial charge in [-0.05, 0) is 26.0 Å². The average Bonchev–Trinajstić information content (AvgIpc) is 2.98. The number of H-pyrrole nitrogens is 1. The fraction of sp³-hybridized carbons (Fsp3) is 0.267. The fourth-order valence-electron chi connectivity index (χ4n) is 2.32. The number of nitrogens with zero attached hydrogens (tertiary/aromatic N) is 4. The molecule has 6 nitrogen and oxygen atoms in total. The maximum Gasteiger partial charge on any atom is 0.226 e. The van der Waals surface area contributed by atoms with Crippen molar-refractivity contribution in [3.63, 3.8) is 0 Å². The minimum absolute atomic E-state index is 0.576. The van der Waals surface area contributed by atoms with Gasteiger partial charge in [0.05, 0.1) is 11.6 Å². The number of aromatic amines is 1. The molecule has 3 aromatic rings. The van der Waals surface area contributed by atoms with E-state index in [2.05, 4.69) is 68.5 Å². The van der Waals surface area contributed by atoms with E-state index in [9.17, 15) is 0 Å². The molecule has 0 aliphatic heterocycles. The number of aromatic nitrogens is 4. The third kappa shape index (κ3) is 2.40. The molecule has 0 radical (unpaired) electrons. The van der Waals surface area contributed by atoms with Crippen LogP contribution in [0.5, 0.6) is 0 Å². The van der Waals surface area contributed by atoms with E-state index in [-0.39, 0.29) is 0 Å². The van der Waals surface area contributed by atoms with Gasteiger partial charge in [-0.15, -0.1) is 0 Å². The van der Waals surface area contributed by atoms with Crippen LogP contribution in [0.4, 0.5) is 17.5 Å². The molecule has 1 aromatic carbocycles. The molecule has 0 unspecified atom stereocenters. The third-order valence-corrected chi connectivity index (χ3v) is 3.43. The maximum absolute atomic E-state index is 4.61. The molecule has 0 spiro atoms. The Morgan fingerprint density at radius 1 is 1.19 bits per heavy atom. The summed E-state index contributed by atoms with van der Waals surface area (Å²) in [5, 5.41) is 10.9. The van der Waals surface area contributed by atoms with E-state index in [1.807, 2.05) is 7.05 Å². The highest BCUT2D eigenvalue weighted by Gasteiger charge is 2.16. The summed E-state index contributed by atoms with van der Waals surface area (Å²) in [6.45, 7) is 4.99. The lowest BCUT2D eigenvalue weighted by Gasteiger charge is -2.23. The molecule has 21 heavy (non-hydrogen) atoms. The largest absolute Gasteiger partial charge is 0.357 e. The minimum Gasteiger partial charge on any atom is -0.357 e. The van der Waals surface area contributed by atoms with Crippen molar-refractivity contribution in [3.8, 4) is 0 Å². The maximum atomic E-state index is 4.61. The number of anilines is 3. The first-order chi connectivity index (χ1) is 10.2. The lowest BCUT2D eigenvalue weighted by molar-refractivity contribution is 0.989. The number of hydrogen-bond donors (Lipinski definition) is 2. The van der Waals surface area contributed by atoms with Crippen LogP contribution in [0.3, 0.4) is 0 Å². The van der Waals surface area contributed by atoms with Crippen molar-refractivity contribution < 1.29 is 0 Å². The Hall–Kier alpha value is -2.63. The lowest BCUT2D eigenvalue weighted by atomic mass is 10.2. The van der Waals surface area contributed by atoms with Crippen LogP contribution in [0.25, 0.3) is 11.0 Å². The van der Waals surface area contributed by atoms with Crippen molar-refractivity contribution in [3.05, 3.63) is 36.0 Å². The Kier molecular flexibility index (Phi) is 3.43. The number of rotatable bonds is 4. The van der Waals surface area contributed by atoms with Gasteiger partial charge in [0.2, 0.25) is 5.95 Å². The Labute approximate surface area is 123 Å². The molecule has 2 aromatic heterocycles. The van der Waals surface area contributed by atoms with Crippen molar-refractivity contribution in [1.82, 2.24) is 20.2 Å². The number of fused-ring (bicyclic) bond motifs is 1. The summed E-state index contributed by atoms with van der Waals surface area (Å²) < 4.78 is 0. The van der Waals surface area contributed by atoms with Crippen molar-refractivity contribution in [2.45, 2.75) is 13.8 Å². The molecule has 2 heterocycles. The van der Waals surface area contributed by atoms with Crippen molar-refractivity contribution in [2.24, 2.45) is 0 Å². The van der Waals surface area contributed by atoms with E-state index in [4.69, 9.17) is 0 Å². The number of benzene rings is 1. The Bertz CT molecular complexity index is 746. The van der Waals surface area contributed by atoms with Crippen LogP contribution in [-0.2, 0) is 0 Å².